The van der Waals surface area contributed by atoms with Gasteiger partial charge in [-0.05, 0) is 36.4 Å². The number of hydrogen-bond acceptors (Lipinski definition) is 4. The maximum absolute atomic E-state index is 12.1. The van der Waals surface area contributed by atoms with E-state index >= 15 is 0 Å². The van der Waals surface area contributed by atoms with E-state index in [0.717, 1.165) is 10.6 Å². The normalized spacial score (nSPS) is 10.5. The van der Waals surface area contributed by atoms with E-state index in [1.807, 2.05) is 23.6 Å². The molecule has 0 fully saturated rings. The van der Waals surface area contributed by atoms with Gasteiger partial charge in [0.05, 0.1) is 0 Å². The minimum Gasteiger partial charge on any atom is -0.435 e. The Hall–Kier alpha value is -3.00. The lowest BCUT2D eigenvalue weighted by atomic mass is 10.2. The molecule has 0 unspecified atom stereocenters. The molecule has 5 nitrogen and oxygen atoms in total. The van der Waals surface area contributed by atoms with Gasteiger partial charge in [0.15, 0.2) is 0 Å². The largest absolute Gasteiger partial charge is 0.435 e. The molecule has 0 atom stereocenters. The summed E-state index contributed by atoms with van der Waals surface area (Å²) in [5.41, 5.74) is 1.97. The number of ether oxygens (including phenoxy) is 1. The topological polar surface area (TPSA) is 63.2 Å². The van der Waals surface area contributed by atoms with Gasteiger partial charge in [0.2, 0.25) is 0 Å². The van der Waals surface area contributed by atoms with Crippen LogP contribution in [0.3, 0.4) is 0 Å². The third kappa shape index (κ3) is 4.74. The van der Waals surface area contributed by atoms with E-state index in [-0.39, 0.29) is 5.75 Å². The van der Waals surface area contributed by atoms with Gasteiger partial charge in [-0.3, -0.25) is 0 Å². The Morgan fingerprint density at radius 1 is 1.08 bits per heavy atom. The van der Waals surface area contributed by atoms with Crippen molar-refractivity contribution in [3.8, 4) is 16.3 Å². The van der Waals surface area contributed by atoms with Crippen LogP contribution < -0.4 is 15.4 Å². The summed E-state index contributed by atoms with van der Waals surface area (Å²) in [7, 11) is 0. The van der Waals surface area contributed by atoms with Gasteiger partial charge in [-0.15, -0.1) is 11.3 Å². The monoisotopic (exact) mass is 361 g/mol. The van der Waals surface area contributed by atoms with E-state index in [9.17, 15) is 13.6 Å². The van der Waals surface area contributed by atoms with Crippen LogP contribution in [0.4, 0.5) is 25.0 Å². The number of nitrogens with one attached hydrogen (secondary N) is 2. The molecule has 128 valence electrons. The number of nitrogens with zero attached hydrogens (tertiary/aromatic N) is 1. The molecule has 0 aliphatic rings. The summed E-state index contributed by atoms with van der Waals surface area (Å²) < 4.78 is 28.5. The second-order valence-electron chi connectivity index (χ2n) is 4.90. The van der Waals surface area contributed by atoms with Crippen molar-refractivity contribution < 1.29 is 18.3 Å². The molecule has 2 aromatic carbocycles. The molecule has 1 heterocycles. The molecule has 25 heavy (non-hydrogen) atoms. The summed E-state index contributed by atoms with van der Waals surface area (Å²) in [5, 5.41) is 8.07. The Balaban J connectivity index is 1.62. The number of anilines is 2. The molecule has 8 heteroatoms. The highest BCUT2D eigenvalue weighted by atomic mass is 32.1. The maximum Gasteiger partial charge on any atom is 0.387 e. The molecule has 0 saturated heterocycles. The molecule has 0 bridgehead atoms. The van der Waals surface area contributed by atoms with Crippen molar-refractivity contribution >= 4 is 28.7 Å². The first-order valence-corrected chi connectivity index (χ1v) is 8.11. The van der Waals surface area contributed by atoms with Gasteiger partial charge in [-0.2, -0.15) is 8.78 Å². The van der Waals surface area contributed by atoms with Gasteiger partial charge in [0.25, 0.3) is 0 Å². The Bertz CT molecular complexity index is 839. The summed E-state index contributed by atoms with van der Waals surface area (Å²) in [5.74, 6) is 0.0251. The number of rotatable bonds is 5. The van der Waals surface area contributed by atoms with Crippen molar-refractivity contribution in [1.29, 1.82) is 0 Å². The molecule has 0 spiro atoms. The quantitative estimate of drug-likeness (QED) is 0.668. The highest BCUT2D eigenvalue weighted by Crippen LogP contribution is 2.24. The van der Waals surface area contributed by atoms with Crippen LogP contribution in [0, 0.1) is 0 Å². The van der Waals surface area contributed by atoms with Gasteiger partial charge in [0.1, 0.15) is 10.8 Å². The van der Waals surface area contributed by atoms with Gasteiger partial charge in [0, 0.05) is 28.5 Å². The molecule has 0 aliphatic carbocycles. The summed E-state index contributed by atoms with van der Waals surface area (Å²) in [6.07, 6.45) is 1.72. The number of amides is 2. The first-order valence-electron chi connectivity index (χ1n) is 7.23. The summed E-state index contributed by atoms with van der Waals surface area (Å²) in [6.45, 7) is -2.88. The van der Waals surface area contributed by atoms with E-state index in [1.54, 1.807) is 12.3 Å². The molecule has 0 aliphatic heterocycles. The Morgan fingerprint density at radius 3 is 2.52 bits per heavy atom. The van der Waals surface area contributed by atoms with Crippen molar-refractivity contribution in [2.45, 2.75) is 6.61 Å². The molecule has 2 amide bonds. The zero-order valence-electron chi connectivity index (χ0n) is 12.8. The Labute approximate surface area is 146 Å². The molecule has 3 rings (SSSR count). The van der Waals surface area contributed by atoms with Crippen LogP contribution in [-0.4, -0.2) is 17.6 Å². The van der Waals surface area contributed by atoms with Crippen molar-refractivity contribution in [3.05, 3.63) is 60.1 Å². The Kier molecular flexibility index (Phi) is 5.20. The van der Waals surface area contributed by atoms with Crippen LogP contribution in [0.25, 0.3) is 10.6 Å². The third-order valence-corrected chi connectivity index (χ3v) is 3.96. The second kappa shape index (κ2) is 7.71. The second-order valence-corrected chi connectivity index (χ2v) is 5.79. The lowest BCUT2D eigenvalue weighted by Gasteiger charge is -2.09. The van der Waals surface area contributed by atoms with Crippen LogP contribution in [-0.2, 0) is 0 Å². The molecule has 0 saturated carbocycles. The minimum absolute atomic E-state index is 0.0251. The van der Waals surface area contributed by atoms with Crippen LogP contribution in [0.15, 0.2) is 60.1 Å². The van der Waals surface area contributed by atoms with Gasteiger partial charge in [-0.25, -0.2) is 9.78 Å². The highest BCUT2D eigenvalue weighted by Gasteiger charge is 2.07. The molecule has 3 aromatic rings. The summed E-state index contributed by atoms with van der Waals surface area (Å²) >= 11 is 1.51. The van der Waals surface area contributed by atoms with Crippen molar-refractivity contribution in [2.75, 3.05) is 10.6 Å². The van der Waals surface area contributed by atoms with Crippen LogP contribution in [0.2, 0.25) is 0 Å². The number of urea groups is 1. The number of carbonyl (C=O) groups is 1. The van der Waals surface area contributed by atoms with Crippen molar-refractivity contribution in [1.82, 2.24) is 4.98 Å². The van der Waals surface area contributed by atoms with Crippen LogP contribution in [0.1, 0.15) is 0 Å². The number of aromatic nitrogens is 1. The fourth-order valence-corrected chi connectivity index (χ4v) is 2.74. The van der Waals surface area contributed by atoms with E-state index in [1.165, 1.54) is 35.6 Å². The lowest BCUT2D eigenvalue weighted by Crippen LogP contribution is -2.19. The zero-order chi connectivity index (χ0) is 17.6. The fourth-order valence-electron chi connectivity index (χ4n) is 2.11. The number of alkyl halides is 2. The molecule has 2 N–H and O–H groups in total. The number of thiazole rings is 1. The predicted octanol–water partition coefficient (Wildman–Crippen LogP) is 5.06. The van der Waals surface area contributed by atoms with Crippen molar-refractivity contribution in [2.24, 2.45) is 0 Å². The third-order valence-electron chi connectivity index (χ3n) is 3.14. The zero-order valence-corrected chi connectivity index (χ0v) is 13.6. The standard InChI is InChI=1S/C17H13F2N3O2S/c18-16(19)24-14-6-4-12(5-7-14)21-17(23)22-13-3-1-2-11(10-13)15-20-8-9-25-15/h1-10,16H,(H2,21,22,23). The van der Waals surface area contributed by atoms with Crippen molar-refractivity contribution in [3.63, 3.8) is 0 Å². The van der Waals surface area contributed by atoms with Crippen LogP contribution >= 0.6 is 11.3 Å². The lowest BCUT2D eigenvalue weighted by molar-refractivity contribution is -0.0498. The number of hydrogen-bond donors (Lipinski definition) is 2. The van der Waals surface area contributed by atoms with E-state index in [0.29, 0.717) is 11.4 Å². The van der Waals surface area contributed by atoms with Crippen LogP contribution in [0.5, 0.6) is 5.75 Å². The SMILES string of the molecule is O=C(Nc1ccc(OC(F)F)cc1)Nc1cccc(-c2nccs2)c1. The molecular weight excluding hydrogens is 348 g/mol. The van der Waals surface area contributed by atoms with Gasteiger partial charge in [-0.1, -0.05) is 12.1 Å². The average Bonchev–Trinajstić information content (AvgIpc) is 3.11. The van der Waals surface area contributed by atoms with E-state index in [2.05, 4.69) is 20.4 Å². The molecule has 0 radical (unpaired) electrons. The molecule has 1 aromatic heterocycles. The van der Waals surface area contributed by atoms with Gasteiger partial charge >= 0.3 is 12.6 Å². The summed E-state index contributed by atoms with van der Waals surface area (Å²) in [6, 6.07) is 12.5. The van der Waals surface area contributed by atoms with E-state index in [4.69, 9.17) is 0 Å². The minimum atomic E-state index is -2.88. The number of carbonyl (C=O) groups excluding carboxylic acids is 1. The molecular formula is C17H13F2N3O2S. The maximum atomic E-state index is 12.1. The first-order chi connectivity index (χ1) is 12.1. The summed E-state index contributed by atoms with van der Waals surface area (Å²) in [4.78, 5) is 16.3. The number of halogens is 2. The average molecular weight is 361 g/mol. The van der Waals surface area contributed by atoms with Gasteiger partial charge < -0.3 is 15.4 Å². The van der Waals surface area contributed by atoms with E-state index < -0.39 is 12.6 Å². The fraction of sp³-hybridized carbons (Fsp3) is 0.0588. The predicted molar refractivity (Wildman–Crippen MR) is 93.3 cm³/mol. The Morgan fingerprint density at radius 2 is 1.84 bits per heavy atom. The first kappa shape index (κ1) is 16.8. The number of benzene rings is 2. The smallest absolute Gasteiger partial charge is 0.387 e. The highest BCUT2D eigenvalue weighted by molar-refractivity contribution is 7.13.